The Morgan fingerprint density at radius 1 is 0.957 bits per heavy atom. The third kappa shape index (κ3) is 14.0. The number of hydrogen-bond donors (Lipinski definition) is 1. The second-order valence-electron chi connectivity index (χ2n) is 6.65. The highest BCUT2D eigenvalue weighted by Gasteiger charge is 2.18. The van der Waals surface area contributed by atoms with Crippen molar-refractivity contribution in [1.82, 2.24) is 4.90 Å². The predicted molar refractivity (Wildman–Crippen MR) is 95.9 cm³/mol. The van der Waals surface area contributed by atoms with E-state index in [0.717, 1.165) is 13.1 Å². The number of nitrogens with zero attached hydrogens (tertiary/aromatic N) is 1. The molecule has 1 fully saturated rings. The van der Waals surface area contributed by atoms with E-state index in [4.69, 9.17) is 10.5 Å². The molecule has 23 heavy (non-hydrogen) atoms. The molecule has 0 saturated carbocycles. The van der Waals surface area contributed by atoms with Crippen LogP contribution < -0.4 is 5.73 Å². The number of ether oxygens (including phenoxy) is 1. The predicted octanol–water partition coefficient (Wildman–Crippen LogP) is 2.85. The van der Waals surface area contributed by atoms with Crippen molar-refractivity contribution in [2.45, 2.75) is 48.5 Å². The number of hydrogen-bond acceptors (Lipinski definition) is 3. The van der Waals surface area contributed by atoms with Gasteiger partial charge in [0.2, 0.25) is 11.8 Å². The Morgan fingerprint density at radius 2 is 1.30 bits per heavy atom. The molecule has 0 aliphatic carbocycles. The van der Waals surface area contributed by atoms with E-state index >= 15 is 0 Å². The molecule has 0 atom stereocenters. The minimum atomic E-state index is -0.241. The number of carbonyl (C=O) groups excluding carboxylic acids is 2. The molecule has 0 aromatic rings. The van der Waals surface area contributed by atoms with Crippen molar-refractivity contribution in [3.05, 3.63) is 12.2 Å². The van der Waals surface area contributed by atoms with E-state index in [1.807, 2.05) is 25.7 Å². The maximum absolute atomic E-state index is 11.4. The van der Waals surface area contributed by atoms with Crippen molar-refractivity contribution >= 4 is 11.8 Å². The Balaban J connectivity index is 0. The van der Waals surface area contributed by atoms with Gasteiger partial charge in [-0.25, -0.2) is 0 Å². The van der Waals surface area contributed by atoms with E-state index in [1.165, 1.54) is 5.57 Å². The molecule has 0 spiro atoms. The first-order chi connectivity index (χ1) is 10.5. The highest BCUT2D eigenvalue weighted by molar-refractivity contribution is 5.78. The van der Waals surface area contributed by atoms with Crippen LogP contribution in [0.2, 0.25) is 0 Å². The lowest BCUT2D eigenvalue weighted by Gasteiger charge is -2.28. The molecule has 0 aromatic carbocycles. The average Bonchev–Trinajstić information content (AvgIpc) is 2.48. The van der Waals surface area contributed by atoms with Crippen LogP contribution in [0.1, 0.15) is 48.5 Å². The van der Waals surface area contributed by atoms with Crippen LogP contribution in [0.25, 0.3) is 0 Å². The van der Waals surface area contributed by atoms with Gasteiger partial charge < -0.3 is 15.4 Å². The lowest BCUT2D eigenvalue weighted by molar-refractivity contribution is -0.138. The van der Waals surface area contributed by atoms with Crippen LogP contribution in [-0.4, -0.2) is 43.0 Å². The highest BCUT2D eigenvalue weighted by Crippen LogP contribution is 2.04. The van der Waals surface area contributed by atoms with Crippen LogP contribution >= 0.6 is 0 Å². The van der Waals surface area contributed by atoms with Gasteiger partial charge >= 0.3 is 0 Å². The minimum absolute atomic E-state index is 0.00926. The van der Waals surface area contributed by atoms with Crippen molar-refractivity contribution < 1.29 is 14.3 Å². The highest BCUT2D eigenvalue weighted by atomic mass is 16.5. The molecule has 1 heterocycles. The summed E-state index contributed by atoms with van der Waals surface area (Å²) in [5.74, 6) is 0.770. The molecular formula is C18H36N2O3. The molecule has 0 unspecified atom stereocenters. The van der Waals surface area contributed by atoms with E-state index in [9.17, 15) is 9.59 Å². The molecular weight excluding hydrogens is 292 g/mol. The minimum Gasteiger partial charge on any atom is -0.378 e. The van der Waals surface area contributed by atoms with Gasteiger partial charge in [-0.2, -0.15) is 0 Å². The zero-order valence-corrected chi connectivity index (χ0v) is 16.0. The van der Waals surface area contributed by atoms with Gasteiger partial charge in [-0.05, 0) is 12.8 Å². The molecule has 136 valence electrons. The molecule has 2 amide bonds. The topological polar surface area (TPSA) is 72.6 Å². The van der Waals surface area contributed by atoms with Gasteiger partial charge in [0.1, 0.15) is 0 Å². The summed E-state index contributed by atoms with van der Waals surface area (Å²) in [4.78, 5) is 23.2. The van der Waals surface area contributed by atoms with Gasteiger partial charge in [-0.15, -0.1) is 0 Å². The third-order valence-corrected chi connectivity index (χ3v) is 3.37. The van der Waals surface area contributed by atoms with Crippen molar-refractivity contribution in [2.24, 2.45) is 23.5 Å². The number of primary amides is 1. The van der Waals surface area contributed by atoms with Gasteiger partial charge in [0.15, 0.2) is 0 Å². The zero-order chi connectivity index (χ0) is 18.6. The summed E-state index contributed by atoms with van der Waals surface area (Å²) >= 11 is 0. The number of nitrogens with two attached hydrogens (primary N) is 1. The monoisotopic (exact) mass is 328 g/mol. The Kier molecular flexibility index (Phi) is 13.6. The molecule has 1 aliphatic rings. The lowest BCUT2D eigenvalue weighted by Crippen LogP contribution is -2.42. The number of allylic oxidation sites excluding steroid dienone is 1. The lowest BCUT2D eigenvalue weighted by atomic mass is 10.1. The molecule has 5 heteroatoms. The van der Waals surface area contributed by atoms with Gasteiger partial charge in [-0.1, -0.05) is 53.7 Å². The van der Waals surface area contributed by atoms with E-state index < -0.39 is 0 Å². The van der Waals surface area contributed by atoms with Crippen LogP contribution in [0, 0.1) is 17.8 Å². The van der Waals surface area contributed by atoms with Crippen molar-refractivity contribution in [2.75, 3.05) is 26.3 Å². The first-order valence-electron chi connectivity index (χ1n) is 8.31. The summed E-state index contributed by atoms with van der Waals surface area (Å²) < 4.78 is 5.14. The quantitative estimate of drug-likeness (QED) is 0.810. The summed E-state index contributed by atoms with van der Waals surface area (Å²) in [7, 11) is 0. The fraction of sp³-hybridized carbons (Fsp3) is 0.778. The average molecular weight is 328 g/mol. The fourth-order valence-electron chi connectivity index (χ4n) is 1.15. The van der Waals surface area contributed by atoms with Crippen LogP contribution in [-0.2, 0) is 14.3 Å². The first-order valence-corrected chi connectivity index (χ1v) is 8.31. The van der Waals surface area contributed by atoms with Crippen molar-refractivity contribution in [3.8, 4) is 0 Å². The Morgan fingerprint density at radius 3 is 1.52 bits per heavy atom. The zero-order valence-electron chi connectivity index (χ0n) is 16.0. The normalized spacial score (nSPS) is 13.9. The molecule has 2 N–H and O–H groups in total. The van der Waals surface area contributed by atoms with Crippen molar-refractivity contribution in [1.29, 1.82) is 0 Å². The Labute approximate surface area is 142 Å². The van der Waals surface area contributed by atoms with Crippen LogP contribution in [0.15, 0.2) is 12.2 Å². The second-order valence-corrected chi connectivity index (χ2v) is 6.65. The second kappa shape index (κ2) is 13.1. The van der Waals surface area contributed by atoms with Gasteiger partial charge in [0.25, 0.3) is 0 Å². The van der Waals surface area contributed by atoms with E-state index in [0.29, 0.717) is 19.1 Å². The summed E-state index contributed by atoms with van der Waals surface area (Å²) in [6.07, 6.45) is 0. The van der Waals surface area contributed by atoms with Crippen LogP contribution in [0.5, 0.6) is 0 Å². The molecule has 0 radical (unpaired) electrons. The SMILES string of the molecule is C=C(C)C(C)C.CC(C)C(=O)N1CCOCC1.CC(C)C(N)=O. The summed E-state index contributed by atoms with van der Waals surface area (Å²) in [5, 5.41) is 0. The fourth-order valence-corrected chi connectivity index (χ4v) is 1.15. The maximum Gasteiger partial charge on any atom is 0.225 e. The number of carbonyl (C=O) groups is 2. The molecule has 5 nitrogen and oxygen atoms in total. The number of amides is 2. The molecule has 1 saturated heterocycles. The third-order valence-electron chi connectivity index (χ3n) is 3.37. The number of morpholine rings is 1. The Bertz CT molecular complexity index is 339. The van der Waals surface area contributed by atoms with Crippen LogP contribution in [0.3, 0.4) is 0 Å². The van der Waals surface area contributed by atoms with Gasteiger partial charge in [-0.3, -0.25) is 9.59 Å². The largest absolute Gasteiger partial charge is 0.378 e. The molecule has 0 bridgehead atoms. The van der Waals surface area contributed by atoms with E-state index in [2.05, 4.69) is 20.4 Å². The summed E-state index contributed by atoms with van der Waals surface area (Å²) in [6, 6.07) is 0. The molecule has 1 rings (SSSR count). The number of rotatable bonds is 3. The molecule has 1 aliphatic heterocycles. The van der Waals surface area contributed by atoms with Gasteiger partial charge in [0.05, 0.1) is 13.2 Å². The Hall–Kier alpha value is -1.36. The smallest absolute Gasteiger partial charge is 0.225 e. The van der Waals surface area contributed by atoms with E-state index in [1.54, 1.807) is 13.8 Å². The summed E-state index contributed by atoms with van der Waals surface area (Å²) in [5.41, 5.74) is 6.06. The summed E-state index contributed by atoms with van der Waals surface area (Å²) in [6.45, 7) is 20.4. The molecule has 0 aromatic heterocycles. The first kappa shape index (κ1) is 23.9. The van der Waals surface area contributed by atoms with Gasteiger partial charge in [0, 0.05) is 24.9 Å². The van der Waals surface area contributed by atoms with Crippen LogP contribution in [0.4, 0.5) is 0 Å². The van der Waals surface area contributed by atoms with E-state index in [-0.39, 0.29) is 23.7 Å². The standard InChI is InChI=1S/C8H15NO2.C6H12.C4H9NO/c1-7(2)8(10)9-3-5-11-6-4-9;1-5(2)6(3)4;1-3(2)4(5)6/h7H,3-6H2,1-2H3;6H,1H2,2-4H3;3H,1-2H3,(H2,5,6). The maximum atomic E-state index is 11.4. The van der Waals surface area contributed by atoms with Crippen molar-refractivity contribution in [3.63, 3.8) is 0 Å².